The normalized spacial score (nSPS) is 16.4. The minimum Gasteiger partial charge on any atom is -0.385 e. The summed E-state index contributed by atoms with van der Waals surface area (Å²) in [5.74, 6) is 0. The highest BCUT2D eigenvalue weighted by atomic mass is 14.9. The van der Waals surface area contributed by atoms with Gasteiger partial charge in [0.05, 0.1) is 0 Å². The lowest BCUT2D eigenvalue weighted by molar-refractivity contribution is 0.784. The minimum atomic E-state index is 1.11. The maximum Gasteiger partial charge on any atom is 0.0403 e. The molecule has 1 N–H and O–H groups in total. The first-order valence-corrected chi connectivity index (χ1v) is 4.13. The van der Waals surface area contributed by atoms with E-state index in [0.29, 0.717) is 0 Å². The summed E-state index contributed by atoms with van der Waals surface area (Å²) in [6, 6.07) is 2.06. The molecule has 0 spiro atoms. The lowest BCUT2D eigenvalue weighted by atomic mass is 10.1. The van der Waals surface area contributed by atoms with Gasteiger partial charge in [0.1, 0.15) is 0 Å². The summed E-state index contributed by atoms with van der Waals surface area (Å²) in [7, 11) is 0. The van der Waals surface area contributed by atoms with Crippen LogP contribution < -0.4 is 5.32 Å². The van der Waals surface area contributed by atoms with E-state index in [0.717, 1.165) is 6.54 Å². The van der Waals surface area contributed by atoms with Crippen LogP contribution in [-0.2, 0) is 6.42 Å². The highest BCUT2D eigenvalue weighted by Gasteiger charge is 2.04. The van der Waals surface area contributed by atoms with Crippen LogP contribution in [0.4, 0.5) is 5.69 Å². The third-order valence-electron chi connectivity index (χ3n) is 2.09. The van der Waals surface area contributed by atoms with Crippen molar-refractivity contribution in [2.75, 3.05) is 11.9 Å². The van der Waals surface area contributed by atoms with E-state index < -0.39 is 0 Å². The number of hydrogen-bond donors (Lipinski definition) is 1. The third kappa shape index (κ3) is 1.34. The summed E-state index contributed by atoms with van der Waals surface area (Å²) >= 11 is 0. The number of aryl methyl sites for hydroxylation is 1. The average molecular weight is 148 g/mol. The zero-order chi connectivity index (χ0) is 7.52. The second-order valence-corrected chi connectivity index (χ2v) is 2.92. The van der Waals surface area contributed by atoms with E-state index in [9.17, 15) is 0 Å². The fraction of sp³-hybridized carbons (Fsp3) is 0.444. The Labute approximate surface area is 66.7 Å². The third-order valence-corrected chi connectivity index (χ3v) is 2.09. The van der Waals surface area contributed by atoms with Gasteiger partial charge in [-0.05, 0) is 30.9 Å². The van der Waals surface area contributed by atoms with Crippen molar-refractivity contribution in [3.05, 3.63) is 24.0 Å². The molecule has 1 aliphatic heterocycles. The van der Waals surface area contributed by atoms with E-state index in [-0.39, 0.29) is 0 Å². The molecule has 0 unspecified atom stereocenters. The van der Waals surface area contributed by atoms with Crippen LogP contribution in [0.2, 0.25) is 0 Å². The van der Waals surface area contributed by atoms with Crippen molar-refractivity contribution in [1.82, 2.24) is 4.98 Å². The first-order valence-electron chi connectivity index (χ1n) is 4.13. The number of anilines is 1. The summed E-state index contributed by atoms with van der Waals surface area (Å²) in [5.41, 5.74) is 2.64. The molecule has 1 aromatic rings. The molecule has 2 heterocycles. The van der Waals surface area contributed by atoms with E-state index in [1.807, 2.05) is 12.4 Å². The highest BCUT2D eigenvalue weighted by Crippen LogP contribution is 2.18. The van der Waals surface area contributed by atoms with Gasteiger partial charge in [0.15, 0.2) is 0 Å². The van der Waals surface area contributed by atoms with E-state index in [1.54, 1.807) is 0 Å². The summed E-state index contributed by atoms with van der Waals surface area (Å²) in [6.07, 6.45) is 7.54. The van der Waals surface area contributed by atoms with Crippen molar-refractivity contribution in [1.29, 1.82) is 0 Å². The Morgan fingerprint density at radius 1 is 1.36 bits per heavy atom. The van der Waals surface area contributed by atoms with E-state index in [2.05, 4.69) is 16.4 Å². The van der Waals surface area contributed by atoms with E-state index in [4.69, 9.17) is 0 Å². The molecule has 0 amide bonds. The van der Waals surface area contributed by atoms with Crippen molar-refractivity contribution in [3.63, 3.8) is 0 Å². The van der Waals surface area contributed by atoms with Crippen LogP contribution >= 0.6 is 0 Å². The van der Waals surface area contributed by atoms with Gasteiger partial charge < -0.3 is 5.32 Å². The Morgan fingerprint density at radius 2 is 2.36 bits per heavy atom. The molecule has 0 fully saturated rings. The molecule has 2 heteroatoms. The van der Waals surface area contributed by atoms with Crippen LogP contribution in [-0.4, -0.2) is 11.5 Å². The van der Waals surface area contributed by atoms with Gasteiger partial charge in [0.2, 0.25) is 0 Å². The van der Waals surface area contributed by atoms with Crippen LogP contribution in [0.25, 0.3) is 0 Å². The molecule has 2 rings (SSSR count). The molecule has 58 valence electrons. The molecule has 0 bridgehead atoms. The van der Waals surface area contributed by atoms with Crippen LogP contribution in [0.1, 0.15) is 18.4 Å². The first-order chi connectivity index (χ1) is 5.47. The van der Waals surface area contributed by atoms with Gasteiger partial charge in [-0.2, -0.15) is 0 Å². The lowest BCUT2D eigenvalue weighted by Gasteiger charge is -2.04. The fourth-order valence-corrected chi connectivity index (χ4v) is 1.46. The predicted octanol–water partition coefficient (Wildman–Crippen LogP) is 1.83. The molecule has 2 nitrogen and oxygen atoms in total. The summed E-state index contributed by atoms with van der Waals surface area (Å²) in [4.78, 5) is 4.10. The monoisotopic (exact) mass is 148 g/mol. The number of rotatable bonds is 0. The van der Waals surface area contributed by atoms with Crippen molar-refractivity contribution in [3.8, 4) is 0 Å². The van der Waals surface area contributed by atoms with Crippen LogP contribution in [0, 0.1) is 0 Å². The molecule has 0 atom stereocenters. The molecule has 0 aliphatic carbocycles. The van der Waals surface area contributed by atoms with E-state index in [1.165, 1.54) is 30.5 Å². The van der Waals surface area contributed by atoms with Gasteiger partial charge in [0, 0.05) is 24.6 Å². The Kier molecular flexibility index (Phi) is 1.76. The first kappa shape index (κ1) is 6.65. The molecular formula is C9H12N2. The van der Waals surface area contributed by atoms with Crippen LogP contribution in [0.3, 0.4) is 0 Å². The molecule has 1 aliphatic rings. The fourth-order valence-electron chi connectivity index (χ4n) is 1.46. The lowest BCUT2D eigenvalue weighted by Crippen LogP contribution is -1.99. The van der Waals surface area contributed by atoms with Crippen LogP contribution in [0.15, 0.2) is 18.5 Å². The Bertz CT molecular complexity index is 220. The Balaban J connectivity index is 2.33. The van der Waals surface area contributed by atoms with Crippen molar-refractivity contribution < 1.29 is 0 Å². The maximum atomic E-state index is 4.10. The standard InChI is InChI=1S/C9H12N2/c1-2-5-11-9-4-6-10-7-8(9)3-1/h4,6-7,11H,1-3,5H2. The van der Waals surface area contributed by atoms with Gasteiger partial charge in [-0.3, -0.25) is 4.98 Å². The number of nitrogens with zero attached hydrogens (tertiary/aromatic N) is 1. The van der Waals surface area contributed by atoms with Gasteiger partial charge in [-0.15, -0.1) is 0 Å². The predicted molar refractivity (Wildman–Crippen MR) is 45.7 cm³/mol. The summed E-state index contributed by atoms with van der Waals surface area (Å²) < 4.78 is 0. The maximum absolute atomic E-state index is 4.10. The average Bonchev–Trinajstić information content (AvgIpc) is 2.28. The quantitative estimate of drug-likeness (QED) is 0.607. The minimum absolute atomic E-state index is 1.11. The molecule has 0 radical (unpaired) electrons. The van der Waals surface area contributed by atoms with Gasteiger partial charge in [0.25, 0.3) is 0 Å². The zero-order valence-electron chi connectivity index (χ0n) is 6.51. The van der Waals surface area contributed by atoms with Crippen LogP contribution in [0.5, 0.6) is 0 Å². The molecule has 1 aromatic heterocycles. The summed E-state index contributed by atoms with van der Waals surface area (Å²) in [6.45, 7) is 1.11. The summed E-state index contributed by atoms with van der Waals surface area (Å²) in [5, 5.41) is 3.39. The van der Waals surface area contributed by atoms with E-state index >= 15 is 0 Å². The SMILES string of the molecule is c1cc2c(cn1)CCCCN2. The van der Waals surface area contributed by atoms with Gasteiger partial charge >= 0.3 is 0 Å². The number of hydrogen-bond acceptors (Lipinski definition) is 2. The Morgan fingerprint density at radius 3 is 3.36 bits per heavy atom. The zero-order valence-corrected chi connectivity index (χ0v) is 6.51. The second kappa shape index (κ2) is 2.91. The van der Waals surface area contributed by atoms with Crippen molar-refractivity contribution in [2.45, 2.75) is 19.3 Å². The van der Waals surface area contributed by atoms with Crippen molar-refractivity contribution >= 4 is 5.69 Å². The number of fused-ring (bicyclic) bond motifs is 1. The number of nitrogens with one attached hydrogen (secondary N) is 1. The second-order valence-electron chi connectivity index (χ2n) is 2.92. The van der Waals surface area contributed by atoms with Gasteiger partial charge in [-0.1, -0.05) is 0 Å². The molecule has 0 aromatic carbocycles. The van der Waals surface area contributed by atoms with Gasteiger partial charge in [-0.25, -0.2) is 0 Å². The largest absolute Gasteiger partial charge is 0.385 e. The Hall–Kier alpha value is -1.05. The topological polar surface area (TPSA) is 24.9 Å². The van der Waals surface area contributed by atoms with Crippen molar-refractivity contribution in [2.24, 2.45) is 0 Å². The number of aromatic nitrogens is 1. The highest BCUT2D eigenvalue weighted by molar-refractivity contribution is 5.49. The molecule has 11 heavy (non-hydrogen) atoms. The molecule has 0 saturated carbocycles. The smallest absolute Gasteiger partial charge is 0.0403 e. The number of pyridine rings is 1. The molecule has 0 saturated heterocycles. The molecular weight excluding hydrogens is 136 g/mol.